The van der Waals surface area contributed by atoms with Gasteiger partial charge < -0.3 is 15.9 Å². The third-order valence-electron chi connectivity index (χ3n) is 4.38. The van der Waals surface area contributed by atoms with Crippen molar-refractivity contribution in [2.45, 2.75) is 13.5 Å². The number of nitrogen functional groups attached to an aromatic ring is 1. The molecule has 1 amide bonds. The number of aromatic nitrogens is 3. The predicted molar refractivity (Wildman–Crippen MR) is 108 cm³/mol. The van der Waals surface area contributed by atoms with Gasteiger partial charge in [0.15, 0.2) is 5.75 Å². The van der Waals surface area contributed by atoms with Gasteiger partial charge in [-0.15, -0.1) is 11.3 Å². The van der Waals surface area contributed by atoms with Crippen LogP contribution in [0.2, 0.25) is 0 Å². The molecule has 9 heteroatoms. The van der Waals surface area contributed by atoms with Crippen LogP contribution in [0.5, 0.6) is 5.75 Å². The van der Waals surface area contributed by atoms with E-state index < -0.39 is 5.56 Å². The number of rotatable bonds is 4. The van der Waals surface area contributed by atoms with Crippen LogP contribution in [0.15, 0.2) is 41.5 Å². The number of fused-ring (bicyclic) bond motifs is 3. The maximum absolute atomic E-state index is 12.8. The van der Waals surface area contributed by atoms with Gasteiger partial charge in [-0.05, 0) is 13.0 Å². The molecule has 3 heterocycles. The Morgan fingerprint density at radius 2 is 2.07 bits per heavy atom. The normalized spacial score (nSPS) is 11.1. The van der Waals surface area contributed by atoms with Crippen molar-refractivity contribution in [3.63, 3.8) is 0 Å². The molecule has 1 aromatic carbocycles. The van der Waals surface area contributed by atoms with E-state index in [9.17, 15) is 9.59 Å². The molecule has 0 bridgehead atoms. The zero-order valence-electron chi connectivity index (χ0n) is 15.2. The van der Waals surface area contributed by atoms with Crippen LogP contribution in [-0.2, 0) is 6.54 Å². The van der Waals surface area contributed by atoms with Crippen molar-refractivity contribution in [3.8, 4) is 5.75 Å². The van der Waals surface area contributed by atoms with E-state index in [-0.39, 0.29) is 18.2 Å². The first-order valence-corrected chi connectivity index (χ1v) is 9.28. The fourth-order valence-electron chi connectivity index (χ4n) is 3.01. The van der Waals surface area contributed by atoms with Gasteiger partial charge in [-0.25, -0.2) is 4.68 Å². The Balaban J connectivity index is 1.79. The molecular weight excluding hydrogens is 378 g/mol. The summed E-state index contributed by atoms with van der Waals surface area (Å²) in [5.74, 6) is 5.85. The van der Waals surface area contributed by atoms with Crippen molar-refractivity contribution in [1.29, 1.82) is 0 Å². The molecule has 4 aromatic rings. The van der Waals surface area contributed by atoms with Crippen LogP contribution in [0.1, 0.15) is 21.1 Å². The molecule has 0 fully saturated rings. The van der Waals surface area contributed by atoms with E-state index in [1.807, 2.05) is 19.1 Å². The van der Waals surface area contributed by atoms with E-state index in [1.165, 1.54) is 18.4 Å². The minimum absolute atomic E-state index is 0.214. The molecule has 0 aliphatic heterocycles. The van der Waals surface area contributed by atoms with E-state index >= 15 is 0 Å². The molecule has 3 N–H and O–H groups in total. The van der Waals surface area contributed by atoms with Gasteiger partial charge in [0, 0.05) is 11.6 Å². The van der Waals surface area contributed by atoms with Gasteiger partial charge in [0.25, 0.3) is 11.5 Å². The molecule has 0 aliphatic rings. The molecule has 0 aliphatic carbocycles. The lowest BCUT2D eigenvalue weighted by molar-refractivity contribution is 0.0952. The van der Waals surface area contributed by atoms with Crippen molar-refractivity contribution < 1.29 is 9.53 Å². The van der Waals surface area contributed by atoms with E-state index in [1.54, 1.807) is 24.5 Å². The Kier molecular flexibility index (Phi) is 4.44. The highest BCUT2D eigenvalue weighted by molar-refractivity contribution is 7.22. The van der Waals surface area contributed by atoms with Gasteiger partial charge in [-0.2, -0.15) is 0 Å². The molecule has 142 valence electrons. The molecule has 28 heavy (non-hydrogen) atoms. The number of ether oxygens (including phenoxy) is 1. The first-order chi connectivity index (χ1) is 13.5. The molecule has 0 spiro atoms. The first kappa shape index (κ1) is 17.9. The van der Waals surface area contributed by atoms with Gasteiger partial charge in [-0.1, -0.05) is 18.2 Å². The van der Waals surface area contributed by atoms with Gasteiger partial charge in [0.05, 0.1) is 41.5 Å². The lowest BCUT2D eigenvalue weighted by Crippen LogP contribution is -2.27. The number of hydrogen-bond acceptors (Lipinski definition) is 7. The highest BCUT2D eigenvalue weighted by Gasteiger charge is 2.24. The number of pyridine rings is 1. The number of nitrogens with one attached hydrogen (secondary N) is 1. The number of methoxy groups -OCH3 is 1. The van der Waals surface area contributed by atoms with E-state index in [0.717, 1.165) is 15.8 Å². The standard InChI is InChI=1S/C19H17N5O3S/c1-10-7-22-11(8-21-10)9-23-18(25)17-15(27-2)14-16(28-17)12-5-3-4-6-13(12)24(20)19(14)26/h3-8H,9,20H2,1-2H3,(H,23,25). The number of nitrogens with two attached hydrogens (primary N) is 1. The number of benzene rings is 1. The minimum atomic E-state index is -0.412. The van der Waals surface area contributed by atoms with Gasteiger partial charge in [-0.3, -0.25) is 19.6 Å². The zero-order chi connectivity index (χ0) is 19.8. The lowest BCUT2D eigenvalue weighted by Gasteiger charge is -2.07. The minimum Gasteiger partial charge on any atom is -0.494 e. The topological polar surface area (TPSA) is 112 Å². The summed E-state index contributed by atoms with van der Waals surface area (Å²) in [6.07, 6.45) is 3.25. The lowest BCUT2D eigenvalue weighted by atomic mass is 10.1. The highest BCUT2D eigenvalue weighted by atomic mass is 32.1. The number of thiophene rings is 1. The number of hydrogen-bond donors (Lipinski definition) is 2. The quantitative estimate of drug-likeness (QED) is 0.511. The monoisotopic (exact) mass is 395 g/mol. The average molecular weight is 395 g/mol. The third kappa shape index (κ3) is 2.85. The molecule has 4 rings (SSSR count). The van der Waals surface area contributed by atoms with Crippen molar-refractivity contribution in [1.82, 2.24) is 20.0 Å². The zero-order valence-corrected chi connectivity index (χ0v) is 16.0. The Hall–Kier alpha value is -3.46. The van der Waals surface area contributed by atoms with E-state index in [2.05, 4.69) is 15.3 Å². The largest absolute Gasteiger partial charge is 0.494 e. The summed E-state index contributed by atoms with van der Waals surface area (Å²) in [4.78, 5) is 34.3. The van der Waals surface area contributed by atoms with Crippen molar-refractivity contribution >= 4 is 38.2 Å². The van der Waals surface area contributed by atoms with Crippen molar-refractivity contribution in [3.05, 3.63) is 63.3 Å². The van der Waals surface area contributed by atoms with Crippen LogP contribution < -0.4 is 21.5 Å². The third-order valence-corrected chi connectivity index (χ3v) is 5.58. The summed E-state index contributed by atoms with van der Waals surface area (Å²) in [6.45, 7) is 2.05. The second kappa shape index (κ2) is 6.93. The summed E-state index contributed by atoms with van der Waals surface area (Å²) >= 11 is 1.20. The predicted octanol–water partition coefficient (Wildman–Crippen LogP) is 1.97. The Morgan fingerprint density at radius 3 is 2.79 bits per heavy atom. The molecular formula is C19H17N5O3S. The fourth-order valence-corrected chi connectivity index (χ4v) is 4.22. The number of amides is 1. The molecule has 0 saturated heterocycles. The molecule has 0 atom stereocenters. The first-order valence-electron chi connectivity index (χ1n) is 8.46. The number of nitrogens with zero attached hydrogens (tertiary/aromatic N) is 3. The number of carbonyl (C=O) groups is 1. The van der Waals surface area contributed by atoms with Crippen LogP contribution in [0.3, 0.4) is 0 Å². The van der Waals surface area contributed by atoms with Crippen LogP contribution in [0, 0.1) is 6.92 Å². The second-order valence-corrected chi connectivity index (χ2v) is 7.21. The van der Waals surface area contributed by atoms with E-state index in [4.69, 9.17) is 10.6 Å². The molecule has 8 nitrogen and oxygen atoms in total. The summed E-state index contributed by atoms with van der Waals surface area (Å²) < 4.78 is 7.17. The summed E-state index contributed by atoms with van der Waals surface area (Å²) in [7, 11) is 1.43. The smallest absolute Gasteiger partial charge is 0.281 e. The Bertz CT molecular complexity index is 1260. The number of para-hydroxylation sites is 1. The SMILES string of the molecule is COc1c(C(=O)NCc2cnc(C)cn2)sc2c1c(=O)n(N)c1ccccc21. The summed E-state index contributed by atoms with van der Waals surface area (Å²) in [5.41, 5.74) is 1.61. The number of aryl methyl sites for hydroxylation is 1. The Labute approximate surface area is 163 Å². The van der Waals surface area contributed by atoms with Crippen LogP contribution in [0.4, 0.5) is 0 Å². The van der Waals surface area contributed by atoms with Crippen molar-refractivity contribution in [2.24, 2.45) is 0 Å². The van der Waals surface area contributed by atoms with Crippen LogP contribution in [0.25, 0.3) is 21.0 Å². The molecule has 0 saturated carbocycles. The van der Waals surface area contributed by atoms with Crippen LogP contribution >= 0.6 is 11.3 Å². The van der Waals surface area contributed by atoms with Gasteiger partial charge in [0.1, 0.15) is 10.3 Å². The Morgan fingerprint density at radius 1 is 1.29 bits per heavy atom. The van der Waals surface area contributed by atoms with E-state index in [0.29, 0.717) is 26.2 Å². The van der Waals surface area contributed by atoms with Crippen molar-refractivity contribution in [2.75, 3.05) is 13.0 Å². The summed E-state index contributed by atoms with van der Waals surface area (Å²) in [6, 6.07) is 7.28. The summed E-state index contributed by atoms with van der Waals surface area (Å²) in [5, 5.41) is 3.89. The molecule has 0 radical (unpaired) electrons. The second-order valence-electron chi connectivity index (χ2n) is 6.19. The van der Waals surface area contributed by atoms with Crippen LogP contribution in [-0.4, -0.2) is 27.7 Å². The maximum Gasteiger partial charge on any atom is 0.281 e. The molecule has 3 aromatic heterocycles. The molecule has 0 unspecified atom stereocenters. The average Bonchev–Trinajstić information content (AvgIpc) is 3.11. The highest BCUT2D eigenvalue weighted by Crippen LogP contribution is 2.39. The number of carbonyl (C=O) groups excluding carboxylic acids is 1. The van der Waals surface area contributed by atoms with Gasteiger partial charge >= 0.3 is 0 Å². The van der Waals surface area contributed by atoms with Gasteiger partial charge in [0.2, 0.25) is 0 Å². The maximum atomic E-state index is 12.8. The fraction of sp³-hybridized carbons (Fsp3) is 0.158.